The van der Waals surface area contributed by atoms with Crippen LogP contribution in [0.4, 0.5) is 0 Å². The Labute approximate surface area is 65.7 Å². The molecule has 0 aromatic carbocycles. The van der Waals surface area contributed by atoms with E-state index in [1.165, 1.54) is 0 Å². The van der Waals surface area contributed by atoms with E-state index >= 15 is 0 Å². The van der Waals surface area contributed by atoms with E-state index < -0.39 is 0 Å². The SMILES string of the molecule is C=CCOC1=CCCNC1=O. The van der Waals surface area contributed by atoms with E-state index in [9.17, 15) is 4.79 Å². The van der Waals surface area contributed by atoms with Crippen LogP contribution < -0.4 is 5.32 Å². The van der Waals surface area contributed by atoms with Gasteiger partial charge in [0, 0.05) is 6.54 Å². The van der Waals surface area contributed by atoms with Gasteiger partial charge in [-0.2, -0.15) is 0 Å². The fourth-order valence-corrected chi connectivity index (χ4v) is 0.842. The molecule has 1 aliphatic heterocycles. The van der Waals surface area contributed by atoms with Crippen LogP contribution >= 0.6 is 0 Å². The molecule has 60 valence electrons. The Morgan fingerprint density at radius 2 is 2.64 bits per heavy atom. The van der Waals surface area contributed by atoms with Crippen molar-refractivity contribution < 1.29 is 9.53 Å². The van der Waals surface area contributed by atoms with Gasteiger partial charge in [-0.05, 0) is 12.5 Å². The molecule has 0 bridgehead atoms. The molecule has 0 saturated heterocycles. The molecule has 11 heavy (non-hydrogen) atoms. The number of hydrogen-bond acceptors (Lipinski definition) is 2. The summed E-state index contributed by atoms with van der Waals surface area (Å²) in [6.45, 7) is 4.58. The quantitative estimate of drug-likeness (QED) is 0.603. The molecule has 0 spiro atoms. The van der Waals surface area contributed by atoms with Crippen molar-refractivity contribution in [3.05, 3.63) is 24.5 Å². The second-order valence-electron chi connectivity index (χ2n) is 2.21. The largest absolute Gasteiger partial charge is 0.484 e. The van der Waals surface area contributed by atoms with Crippen molar-refractivity contribution in [1.82, 2.24) is 5.32 Å². The summed E-state index contributed by atoms with van der Waals surface area (Å²) in [5.41, 5.74) is 0. The second kappa shape index (κ2) is 3.81. The summed E-state index contributed by atoms with van der Waals surface area (Å²) in [6.07, 6.45) is 4.25. The Balaban J connectivity index is 2.46. The third-order valence-corrected chi connectivity index (χ3v) is 1.34. The van der Waals surface area contributed by atoms with Gasteiger partial charge in [-0.3, -0.25) is 4.79 Å². The third-order valence-electron chi connectivity index (χ3n) is 1.34. The molecule has 3 nitrogen and oxygen atoms in total. The standard InChI is InChI=1S/C8H11NO2/c1-2-6-11-7-4-3-5-9-8(7)10/h2,4H,1,3,5-6H2,(H,9,10). The van der Waals surface area contributed by atoms with Crippen LogP contribution in [0.3, 0.4) is 0 Å². The lowest BCUT2D eigenvalue weighted by Gasteiger charge is -2.12. The Kier molecular flexibility index (Phi) is 2.72. The van der Waals surface area contributed by atoms with Gasteiger partial charge in [0.25, 0.3) is 5.91 Å². The van der Waals surface area contributed by atoms with Crippen molar-refractivity contribution in [3.63, 3.8) is 0 Å². The average Bonchev–Trinajstić information content (AvgIpc) is 2.03. The predicted octanol–water partition coefficient (Wildman–Crippen LogP) is 0.593. The number of hydrogen-bond donors (Lipinski definition) is 1. The van der Waals surface area contributed by atoms with Gasteiger partial charge in [-0.1, -0.05) is 12.7 Å². The molecule has 0 radical (unpaired) electrons. The van der Waals surface area contributed by atoms with E-state index in [0.29, 0.717) is 18.9 Å². The fourth-order valence-electron chi connectivity index (χ4n) is 0.842. The average molecular weight is 153 g/mol. The number of carbonyl (C=O) groups is 1. The number of carbonyl (C=O) groups excluding carboxylic acids is 1. The smallest absolute Gasteiger partial charge is 0.286 e. The monoisotopic (exact) mass is 153 g/mol. The molecule has 0 fully saturated rings. The zero-order valence-corrected chi connectivity index (χ0v) is 6.30. The summed E-state index contributed by atoms with van der Waals surface area (Å²) in [5.74, 6) is 0.286. The van der Waals surface area contributed by atoms with E-state index in [0.717, 1.165) is 6.42 Å². The Hall–Kier alpha value is -1.25. The number of nitrogens with one attached hydrogen (secondary N) is 1. The highest BCUT2D eigenvalue weighted by Gasteiger charge is 2.12. The summed E-state index contributed by atoms with van der Waals surface area (Å²) in [4.78, 5) is 11.0. The van der Waals surface area contributed by atoms with Crippen molar-refractivity contribution in [3.8, 4) is 0 Å². The summed E-state index contributed by atoms with van der Waals surface area (Å²) in [7, 11) is 0. The molecule has 1 aliphatic rings. The first-order chi connectivity index (χ1) is 5.34. The Morgan fingerprint density at radius 1 is 1.82 bits per heavy atom. The van der Waals surface area contributed by atoms with Gasteiger partial charge in [0.15, 0.2) is 5.76 Å². The normalized spacial score (nSPS) is 16.7. The van der Waals surface area contributed by atoms with E-state index in [1.54, 1.807) is 12.2 Å². The first-order valence-corrected chi connectivity index (χ1v) is 3.56. The molecule has 0 aliphatic carbocycles. The van der Waals surface area contributed by atoms with E-state index in [2.05, 4.69) is 11.9 Å². The minimum Gasteiger partial charge on any atom is -0.484 e. The van der Waals surface area contributed by atoms with Crippen molar-refractivity contribution >= 4 is 5.91 Å². The fraction of sp³-hybridized carbons (Fsp3) is 0.375. The van der Waals surface area contributed by atoms with Crippen LogP contribution in [-0.4, -0.2) is 19.1 Å². The van der Waals surface area contributed by atoms with Gasteiger partial charge < -0.3 is 10.1 Å². The van der Waals surface area contributed by atoms with Crippen LogP contribution in [-0.2, 0) is 9.53 Å². The van der Waals surface area contributed by atoms with Crippen LogP contribution in [0.1, 0.15) is 6.42 Å². The maximum atomic E-state index is 11.0. The second-order valence-corrected chi connectivity index (χ2v) is 2.21. The van der Waals surface area contributed by atoms with Crippen molar-refractivity contribution in [1.29, 1.82) is 0 Å². The van der Waals surface area contributed by atoms with E-state index in [4.69, 9.17) is 4.74 Å². The molecule has 0 atom stereocenters. The van der Waals surface area contributed by atoms with Gasteiger partial charge in [0.05, 0.1) is 0 Å². The minimum atomic E-state index is -0.127. The van der Waals surface area contributed by atoms with Gasteiger partial charge in [-0.15, -0.1) is 0 Å². The Morgan fingerprint density at radius 3 is 3.27 bits per heavy atom. The molecule has 0 aromatic heterocycles. The van der Waals surface area contributed by atoms with Gasteiger partial charge in [0.2, 0.25) is 0 Å². The zero-order chi connectivity index (χ0) is 8.10. The predicted molar refractivity (Wildman–Crippen MR) is 41.9 cm³/mol. The lowest BCUT2D eigenvalue weighted by atomic mass is 10.2. The van der Waals surface area contributed by atoms with Gasteiger partial charge in [-0.25, -0.2) is 0 Å². The molecule has 0 saturated carbocycles. The summed E-state index contributed by atoms with van der Waals surface area (Å²) in [6, 6.07) is 0. The van der Waals surface area contributed by atoms with Crippen molar-refractivity contribution in [2.45, 2.75) is 6.42 Å². The molecule has 0 unspecified atom stereocenters. The van der Waals surface area contributed by atoms with Gasteiger partial charge >= 0.3 is 0 Å². The molecular weight excluding hydrogens is 142 g/mol. The summed E-state index contributed by atoms with van der Waals surface area (Å²) < 4.78 is 5.08. The number of rotatable bonds is 3. The van der Waals surface area contributed by atoms with Crippen LogP contribution in [0, 0.1) is 0 Å². The highest BCUT2D eigenvalue weighted by atomic mass is 16.5. The van der Waals surface area contributed by atoms with Crippen molar-refractivity contribution in [2.75, 3.05) is 13.2 Å². The third kappa shape index (κ3) is 2.11. The van der Waals surface area contributed by atoms with Crippen LogP contribution in [0.2, 0.25) is 0 Å². The molecule has 1 rings (SSSR count). The summed E-state index contributed by atoms with van der Waals surface area (Å²) in [5, 5.41) is 2.67. The first kappa shape index (κ1) is 7.85. The molecule has 3 heteroatoms. The van der Waals surface area contributed by atoms with Crippen LogP contribution in [0.15, 0.2) is 24.5 Å². The maximum Gasteiger partial charge on any atom is 0.286 e. The highest BCUT2D eigenvalue weighted by molar-refractivity contribution is 5.92. The molecule has 1 amide bonds. The minimum absolute atomic E-state index is 0.127. The molecule has 1 N–H and O–H groups in total. The van der Waals surface area contributed by atoms with Crippen LogP contribution in [0.5, 0.6) is 0 Å². The van der Waals surface area contributed by atoms with Gasteiger partial charge in [0.1, 0.15) is 6.61 Å². The first-order valence-electron chi connectivity index (χ1n) is 3.56. The molecule has 0 aromatic rings. The number of amides is 1. The maximum absolute atomic E-state index is 11.0. The molecular formula is C8H11NO2. The topological polar surface area (TPSA) is 38.3 Å². The highest BCUT2D eigenvalue weighted by Crippen LogP contribution is 2.03. The summed E-state index contributed by atoms with van der Waals surface area (Å²) >= 11 is 0. The lowest BCUT2D eigenvalue weighted by Crippen LogP contribution is -2.30. The number of ether oxygens (including phenoxy) is 1. The van der Waals surface area contributed by atoms with E-state index in [-0.39, 0.29) is 5.91 Å². The molecule has 1 heterocycles. The lowest BCUT2D eigenvalue weighted by molar-refractivity contribution is -0.121. The van der Waals surface area contributed by atoms with Crippen molar-refractivity contribution in [2.24, 2.45) is 0 Å². The van der Waals surface area contributed by atoms with E-state index in [1.807, 2.05) is 0 Å². The zero-order valence-electron chi connectivity index (χ0n) is 6.30. The van der Waals surface area contributed by atoms with Crippen LogP contribution in [0.25, 0.3) is 0 Å². The Bertz CT molecular complexity index is 196.